The van der Waals surface area contributed by atoms with E-state index in [1.165, 1.54) is 19.2 Å². The molecule has 0 spiro atoms. The topological polar surface area (TPSA) is 111 Å². The van der Waals surface area contributed by atoms with Crippen LogP contribution in [-0.4, -0.2) is 30.4 Å². The quantitative estimate of drug-likeness (QED) is 0.610. The number of anilines is 1. The molecular formula is C18H19N3O5. The number of hydrogen-bond acceptors (Lipinski definition) is 5. The number of nitro groups is 1. The molecule has 26 heavy (non-hydrogen) atoms. The van der Waals surface area contributed by atoms with Crippen LogP contribution in [0.4, 0.5) is 11.4 Å². The average Bonchev–Trinajstić information content (AvgIpc) is 2.63. The van der Waals surface area contributed by atoms with E-state index in [0.717, 1.165) is 11.6 Å². The lowest BCUT2D eigenvalue weighted by atomic mass is 10.1. The zero-order chi connectivity index (χ0) is 19.3. The van der Waals surface area contributed by atoms with E-state index < -0.39 is 10.8 Å². The summed E-state index contributed by atoms with van der Waals surface area (Å²) in [6, 6.07) is 8.91. The molecule has 2 rings (SSSR count). The van der Waals surface area contributed by atoms with Gasteiger partial charge in [0.15, 0.2) is 5.75 Å². The molecule has 2 aromatic rings. The maximum Gasteiger partial charge on any atom is 0.311 e. The maximum absolute atomic E-state index is 12.5. The van der Waals surface area contributed by atoms with Crippen LogP contribution in [0, 0.1) is 17.0 Å². The van der Waals surface area contributed by atoms with Gasteiger partial charge in [0, 0.05) is 29.9 Å². The van der Waals surface area contributed by atoms with E-state index >= 15 is 0 Å². The number of amides is 2. The van der Waals surface area contributed by atoms with Crippen LogP contribution in [-0.2, 0) is 0 Å². The van der Waals surface area contributed by atoms with Gasteiger partial charge in [-0.2, -0.15) is 0 Å². The van der Waals surface area contributed by atoms with Crippen LogP contribution < -0.4 is 15.4 Å². The van der Waals surface area contributed by atoms with Crippen LogP contribution in [0.2, 0.25) is 0 Å². The summed E-state index contributed by atoms with van der Waals surface area (Å²) in [5.74, 6) is -0.697. The number of carbonyl (C=O) groups excluding carboxylic acids is 2. The van der Waals surface area contributed by atoms with Gasteiger partial charge >= 0.3 is 5.69 Å². The second-order valence-electron chi connectivity index (χ2n) is 5.44. The van der Waals surface area contributed by atoms with Crippen LogP contribution in [0.5, 0.6) is 5.75 Å². The van der Waals surface area contributed by atoms with Crippen molar-refractivity contribution in [1.82, 2.24) is 5.32 Å². The second kappa shape index (κ2) is 8.11. The van der Waals surface area contributed by atoms with Crippen LogP contribution >= 0.6 is 0 Å². The van der Waals surface area contributed by atoms with Crippen molar-refractivity contribution in [3.63, 3.8) is 0 Å². The van der Waals surface area contributed by atoms with Gasteiger partial charge in [-0.05, 0) is 43.7 Å². The molecule has 0 aliphatic carbocycles. The molecule has 2 aromatic carbocycles. The minimum atomic E-state index is -0.598. The van der Waals surface area contributed by atoms with Crippen LogP contribution in [0.3, 0.4) is 0 Å². The number of aryl methyl sites for hydroxylation is 1. The summed E-state index contributed by atoms with van der Waals surface area (Å²) < 4.78 is 5.21. The molecule has 0 fully saturated rings. The van der Waals surface area contributed by atoms with Gasteiger partial charge in [-0.1, -0.05) is 6.07 Å². The van der Waals surface area contributed by atoms with Crippen molar-refractivity contribution < 1.29 is 19.2 Å². The number of carbonyl (C=O) groups is 2. The molecule has 2 amide bonds. The summed E-state index contributed by atoms with van der Waals surface area (Å²) in [6.07, 6.45) is 0. The molecular weight excluding hydrogens is 338 g/mol. The Balaban J connectivity index is 2.31. The number of nitrogens with one attached hydrogen (secondary N) is 2. The van der Waals surface area contributed by atoms with E-state index in [9.17, 15) is 19.7 Å². The number of benzene rings is 2. The summed E-state index contributed by atoms with van der Waals surface area (Å²) in [5, 5.41) is 16.4. The first-order valence-corrected chi connectivity index (χ1v) is 7.92. The van der Waals surface area contributed by atoms with Crippen molar-refractivity contribution in [2.75, 3.05) is 19.0 Å². The Bertz CT molecular complexity index is 864. The minimum absolute atomic E-state index is 0.104. The molecule has 0 radical (unpaired) electrons. The van der Waals surface area contributed by atoms with Gasteiger partial charge in [0.2, 0.25) is 0 Å². The van der Waals surface area contributed by atoms with Crippen LogP contribution in [0.1, 0.15) is 33.2 Å². The molecule has 0 atom stereocenters. The van der Waals surface area contributed by atoms with Gasteiger partial charge in [0.1, 0.15) is 0 Å². The predicted molar refractivity (Wildman–Crippen MR) is 96.8 cm³/mol. The lowest BCUT2D eigenvalue weighted by Crippen LogP contribution is -2.19. The maximum atomic E-state index is 12.5. The third-order valence-electron chi connectivity index (χ3n) is 3.69. The summed E-state index contributed by atoms with van der Waals surface area (Å²) in [4.78, 5) is 34.8. The molecule has 0 unspecified atom stereocenters. The molecule has 8 heteroatoms. The molecule has 0 bridgehead atoms. The summed E-state index contributed by atoms with van der Waals surface area (Å²) in [5.41, 5.74) is 1.44. The minimum Gasteiger partial charge on any atom is -0.487 e. The number of nitrogens with zero attached hydrogens (tertiary/aromatic N) is 1. The zero-order valence-corrected chi connectivity index (χ0v) is 14.7. The standard InChI is InChI=1S/C18H19N3O5/c1-4-26-16-8-7-13(10-15(16)21(24)25)18(23)20-14-9-12(17(22)19-3)6-5-11(14)2/h5-10H,4H2,1-3H3,(H,19,22)(H,20,23). The molecule has 0 saturated heterocycles. The first-order valence-electron chi connectivity index (χ1n) is 7.92. The fourth-order valence-electron chi connectivity index (χ4n) is 2.32. The highest BCUT2D eigenvalue weighted by Gasteiger charge is 2.19. The fraction of sp³-hybridized carbons (Fsp3) is 0.222. The van der Waals surface area contributed by atoms with Crippen molar-refractivity contribution >= 4 is 23.2 Å². The van der Waals surface area contributed by atoms with Gasteiger partial charge < -0.3 is 15.4 Å². The van der Waals surface area contributed by atoms with Crippen molar-refractivity contribution in [2.45, 2.75) is 13.8 Å². The predicted octanol–water partition coefficient (Wildman–Crippen LogP) is 2.91. The molecule has 0 aromatic heterocycles. The van der Waals surface area contributed by atoms with E-state index in [2.05, 4.69) is 10.6 Å². The largest absolute Gasteiger partial charge is 0.487 e. The Morgan fingerprint density at radius 2 is 1.77 bits per heavy atom. The Labute approximate surface area is 150 Å². The highest BCUT2D eigenvalue weighted by atomic mass is 16.6. The fourth-order valence-corrected chi connectivity index (χ4v) is 2.32. The molecule has 8 nitrogen and oxygen atoms in total. The van der Waals surface area contributed by atoms with Crippen molar-refractivity contribution in [1.29, 1.82) is 0 Å². The van der Waals surface area contributed by atoms with Gasteiger partial charge in [-0.3, -0.25) is 19.7 Å². The number of rotatable bonds is 6. The lowest BCUT2D eigenvalue weighted by Gasteiger charge is -2.11. The third kappa shape index (κ3) is 4.15. The molecule has 0 aliphatic heterocycles. The highest BCUT2D eigenvalue weighted by Crippen LogP contribution is 2.28. The van der Waals surface area contributed by atoms with E-state index in [1.807, 2.05) is 0 Å². The van der Waals surface area contributed by atoms with E-state index in [1.54, 1.807) is 32.0 Å². The van der Waals surface area contributed by atoms with Crippen molar-refractivity contribution in [3.8, 4) is 5.75 Å². The first kappa shape index (κ1) is 18.9. The molecule has 0 aliphatic rings. The molecule has 0 heterocycles. The van der Waals surface area contributed by atoms with Crippen LogP contribution in [0.25, 0.3) is 0 Å². The second-order valence-corrected chi connectivity index (χ2v) is 5.44. The summed E-state index contributed by atoms with van der Waals surface area (Å²) in [7, 11) is 1.51. The SMILES string of the molecule is CCOc1ccc(C(=O)Nc2cc(C(=O)NC)ccc2C)cc1[N+](=O)[O-]. The van der Waals surface area contributed by atoms with Gasteiger partial charge in [-0.25, -0.2) is 0 Å². The monoisotopic (exact) mass is 357 g/mol. The summed E-state index contributed by atoms with van der Waals surface area (Å²) in [6.45, 7) is 3.77. The Hall–Kier alpha value is -3.42. The normalized spacial score (nSPS) is 10.1. The Morgan fingerprint density at radius 1 is 1.12 bits per heavy atom. The molecule has 136 valence electrons. The Kier molecular flexibility index (Phi) is 5.90. The van der Waals surface area contributed by atoms with Crippen molar-refractivity contribution in [3.05, 3.63) is 63.2 Å². The zero-order valence-electron chi connectivity index (χ0n) is 14.7. The molecule has 0 saturated carbocycles. The van der Waals surface area contributed by atoms with Crippen LogP contribution in [0.15, 0.2) is 36.4 Å². The molecule has 2 N–H and O–H groups in total. The highest BCUT2D eigenvalue weighted by molar-refractivity contribution is 6.06. The Morgan fingerprint density at radius 3 is 2.38 bits per heavy atom. The van der Waals surface area contributed by atoms with E-state index in [0.29, 0.717) is 11.3 Å². The third-order valence-corrected chi connectivity index (χ3v) is 3.69. The van der Waals surface area contributed by atoms with E-state index in [4.69, 9.17) is 4.74 Å². The van der Waals surface area contributed by atoms with Gasteiger partial charge in [-0.15, -0.1) is 0 Å². The number of nitro benzene ring substituents is 1. The van der Waals surface area contributed by atoms with Crippen molar-refractivity contribution in [2.24, 2.45) is 0 Å². The lowest BCUT2D eigenvalue weighted by molar-refractivity contribution is -0.385. The van der Waals surface area contributed by atoms with Gasteiger partial charge in [0.05, 0.1) is 11.5 Å². The average molecular weight is 357 g/mol. The summed E-state index contributed by atoms with van der Waals surface area (Å²) >= 11 is 0. The number of hydrogen-bond donors (Lipinski definition) is 2. The van der Waals surface area contributed by atoms with Gasteiger partial charge in [0.25, 0.3) is 11.8 Å². The number of ether oxygens (including phenoxy) is 1. The smallest absolute Gasteiger partial charge is 0.311 e. The van der Waals surface area contributed by atoms with E-state index in [-0.39, 0.29) is 29.5 Å². The first-order chi connectivity index (χ1) is 12.4.